The van der Waals surface area contributed by atoms with E-state index in [4.69, 9.17) is 17.8 Å². The molecule has 2 N–H and O–H groups in total. The summed E-state index contributed by atoms with van der Waals surface area (Å²) in [5.74, 6) is 0. The van der Waals surface area contributed by atoms with Gasteiger partial charge in [-0.2, -0.15) is 0 Å². The van der Waals surface area contributed by atoms with Crippen LogP contribution in [0.5, 0.6) is 0 Å². The van der Waals surface area contributed by atoms with Crippen molar-refractivity contribution in [1.82, 2.24) is 0 Å². The van der Waals surface area contributed by atoms with E-state index in [1.807, 2.05) is 0 Å². The highest BCUT2D eigenvalue weighted by Gasteiger charge is 2.21. The maximum Gasteiger partial charge on any atom is 0.489 e. The molecule has 0 fully saturated rings. The molecule has 0 saturated heterocycles. The van der Waals surface area contributed by atoms with Gasteiger partial charge in [-0.15, -0.1) is 0 Å². The van der Waals surface area contributed by atoms with Crippen LogP contribution in [-0.4, -0.2) is 17.2 Å². The summed E-state index contributed by atoms with van der Waals surface area (Å²) in [5, 5.41) is 18.5. The molecule has 23 heavy (non-hydrogen) atoms. The summed E-state index contributed by atoms with van der Waals surface area (Å²) in [4.78, 5) is 0. The van der Waals surface area contributed by atoms with E-state index in [0.29, 0.717) is 0 Å². The fourth-order valence-electron chi connectivity index (χ4n) is 2.54. The van der Waals surface area contributed by atoms with Gasteiger partial charge in [-0.1, -0.05) is 78.6 Å². The number of fused-ring (bicyclic) bond motifs is 2. The summed E-state index contributed by atoms with van der Waals surface area (Å²) < 4.78 is 107. The van der Waals surface area contributed by atoms with Crippen LogP contribution < -0.4 is 5.46 Å². The first kappa shape index (κ1) is 5.79. The van der Waals surface area contributed by atoms with Crippen molar-refractivity contribution in [3.63, 3.8) is 0 Å². The van der Waals surface area contributed by atoms with Crippen LogP contribution in [0.4, 0.5) is 0 Å². The quantitative estimate of drug-likeness (QED) is 0.440. The lowest BCUT2D eigenvalue weighted by Crippen LogP contribution is -2.31. The molecule has 4 rings (SSSR count). The highest BCUT2D eigenvalue weighted by molar-refractivity contribution is 6.66. The zero-order chi connectivity index (χ0) is 27.1. The number of benzene rings is 4. The van der Waals surface area contributed by atoms with Crippen molar-refractivity contribution in [1.29, 1.82) is 0 Å². The van der Waals surface area contributed by atoms with Crippen molar-refractivity contribution >= 4 is 34.1 Å². The molecule has 0 aromatic heterocycles. The molecule has 0 atom stereocenters. The highest BCUT2D eigenvalue weighted by Crippen LogP contribution is 2.35. The third-order valence-electron chi connectivity index (χ3n) is 3.42. The topological polar surface area (TPSA) is 40.5 Å². The van der Waals surface area contributed by atoms with Gasteiger partial charge >= 0.3 is 7.12 Å². The second-order valence-corrected chi connectivity index (χ2v) is 4.66. The van der Waals surface area contributed by atoms with Crippen molar-refractivity contribution in [3.8, 4) is 11.1 Å². The molecule has 0 aliphatic carbocycles. The van der Waals surface area contributed by atoms with Crippen LogP contribution in [0.3, 0.4) is 0 Å². The summed E-state index contributed by atoms with van der Waals surface area (Å²) in [6.45, 7) is 0. The first-order valence-electron chi connectivity index (χ1n) is 13.1. The lowest BCUT2D eigenvalue weighted by molar-refractivity contribution is 0.426. The maximum atomic E-state index is 10.3. The van der Waals surface area contributed by atoms with Crippen molar-refractivity contribution < 1.29 is 27.9 Å². The summed E-state index contributed by atoms with van der Waals surface area (Å²) in [5.41, 5.74) is -1.67. The molecular formula is C20H15BO2. The average molecular weight is 311 g/mol. The van der Waals surface area contributed by atoms with Gasteiger partial charge in [-0.05, 0) is 38.1 Å². The van der Waals surface area contributed by atoms with Crippen LogP contribution in [-0.2, 0) is 0 Å². The SMILES string of the molecule is [2H]c1c([2H])c([2H])c(-c2c3c([2H])c([2H])c([2H])c([2H])c3c(B(O)O)c3c([2H])c([2H])c([2H])c([2H])c23)c([2H])c1[2H]. The molecule has 0 heterocycles. The fraction of sp³-hybridized carbons (Fsp3) is 0. The molecule has 0 aliphatic heterocycles. The van der Waals surface area contributed by atoms with Gasteiger partial charge in [0.1, 0.15) is 0 Å². The average Bonchev–Trinajstić information content (AvgIpc) is 2.84. The van der Waals surface area contributed by atoms with Gasteiger partial charge in [0, 0.05) is 0 Å². The summed E-state index contributed by atoms with van der Waals surface area (Å²) in [6.07, 6.45) is 0. The van der Waals surface area contributed by atoms with Crippen molar-refractivity contribution in [2.75, 3.05) is 0 Å². The van der Waals surface area contributed by atoms with E-state index in [0.717, 1.165) is 0 Å². The molecule has 0 spiro atoms. The van der Waals surface area contributed by atoms with Crippen LogP contribution in [0, 0.1) is 0 Å². The third-order valence-corrected chi connectivity index (χ3v) is 3.42. The first-order chi connectivity index (χ1) is 16.7. The summed E-state index contributed by atoms with van der Waals surface area (Å²) in [7, 11) is -2.46. The Hall–Kier alpha value is -2.62. The minimum Gasteiger partial charge on any atom is -0.423 e. The van der Waals surface area contributed by atoms with Crippen molar-refractivity contribution in [3.05, 3.63) is 78.6 Å². The fourth-order valence-corrected chi connectivity index (χ4v) is 2.54. The normalized spacial score (nSPS) is 19.0. The van der Waals surface area contributed by atoms with Crippen LogP contribution >= 0.6 is 0 Å². The molecule has 2 nitrogen and oxygen atoms in total. The number of hydrogen-bond acceptors (Lipinski definition) is 2. The molecule has 3 heteroatoms. The van der Waals surface area contributed by atoms with Gasteiger partial charge in [0.2, 0.25) is 0 Å². The molecule has 0 saturated carbocycles. The highest BCUT2D eigenvalue weighted by atomic mass is 16.4. The van der Waals surface area contributed by atoms with E-state index in [2.05, 4.69) is 0 Å². The molecule has 0 amide bonds. The second-order valence-electron chi connectivity index (χ2n) is 4.66. The van der Waals surface area contributed by atoms with Crippen molar-refractivity contribution in [2.24, 2.45) is 0 Å². The monoisotopic (exact) mass is 311 g/mol. The van der Waals surface area contributed by atoms with Crippen LogP contribution in [0.1, 0.15) is 17.8 Å². The van der Waals surface area contributed by atoms with E-state index in [9.17, 15) is 10.0 Å². The molecular weight excluding hydrogens is 283 g/mol. The third kappa shape index (κ3) is 2.22. The molecule has 0 radical (unpaired) electrons. The second kappa shape index (κ2) is 5.54. The lowest BCUT2D eigenvalue weighted by atomic mass is 9.72. The van der Waals surface area contributed by atoms with Crippen molar-refractivity contribution in [2.45, 2.75) is 0 Å². The van der Waals surface area contributed by atoms with Crippen LogP contribution in [0.25, 0.3) is 32.7 Å². The van der Waals surface area contributed by atoms with Gasteiger partial charge in [-0.25, -0.2) is 0 Å². The summed E-state index contributed by atoms with van der Waals surface area (Å²) >= 11 is 0. The Balaban J connectivity index is 2.60. The minimum atomic E-state index is -2.46. The molecule has 4 aromatic carbocycles. The predicted molar refractivity (Wildman–Crippen MR) is 96.7 cm³/mol. The van der Waals surface area contributed by atoms with Gasteiger partial charge in [-0.3, -0.25) is 0 Å². The van der Waals surface area contributed by atoms with Crippen LogP contribution in [0.15, 0.2) is 78.6 Å². The first-order valence-corrected chi connectivity index (χ1v) is 6.56. The zero-order valence-corrected chi connectivity index (χ0v) is 11.5. The molecule has 4 aromatic rings. The van der Waals surface area contributed by atoms with E-state index in [1.165, 1.54) is 0 Å². The largest absolute Gasteiger partial charge is 0.489 e. The maximum absolute atomic E-state index is 10.3. The van der Waals surface area contributed by atoms with Gasteiger partial charge in [0.05, 0.1) is 17.8 Å². The Kier molecular flexibility index (Phi) is 1.39. The zero-order valence-electron chi connectivity index (χ0n) is 24.5. The van der Waals surface area contributed by atoms with Crippen LogP contribution in [0.2, 0.25) is 0 Å². The Morgan fingerprint density at radius 3 is 1.52 bits per heavy atom. The van der Waals surface area contributed by atoms with E-state index in [1.54, 1.807) is 0 Å². The Morgan fingerprint density at radius 1 is 0.609 bits per heavy atom. The van der Waals surface area contributed by atoms with Gasteiger partial charge in [0.15, 0.2) is 0 Å². The lowest BCUT2D eigenvalue weighted by Gasteiger charge is -2.16. The molecule has 0 aliphatic rings. The Labute approximate surface area is 153 Å². The standard InChI is InChI=1S/C20H15BO2/c22-21(23)20-17-12-6-4-10-15(17)19(14-8-2-1-3-9-14)16-11-5-7-13-18(16)20/h1-13,22-23H/i1D,2D,3D,4D,5D,6D,7D,8D,9D,10D,11D,12D,13D. The number of hydrogen-bond donors (Lipinski definition) is 2. The minimum absolute atomic E-state index is 0.472. The van der Waals surface area contributed by atoms with E-state index < -0.39 is 124 Å². The smallest absolute Gasteiger partial charge is 0.423 e. The van der Waals surface area contributed by atoms with Gasteiger partial charge < -0.3 is 10.0 Å². The van der Waals surface area contributed by atoms with E-state index >= 15 is 0 Å². The number of rotatable bonds is 2. The summed E-state index contributed by atoms with van der Waals surface area (Å²) in [6, 6.07) is -10.0. The Bertz CT molecular complexity index is 1540. The molecule has 0 bridgehead atoms. The predicted octanol–water partition coefficient (Wildman–Crippen LogP) is 3.34. The molecule has 110 valence electrons. The van der Waals surface area contributed by atoms with E-state index in [-0.39, 0.29) is 0 Å². The molecule has 0 unspecified atom stereocenters. The Morgan fingerprint density at radius 2 is 1.04 bits per heavy atom. The van der Waals surface area contributed by atoms with Gasteiger partial charge in [0.25, 0.3) is 0 Å².